The number of phenols is 1. The molecule has 0 aromatic heterocycles. The second-order valence-electron chi connectivity index (χ2n) is 9.90. The average molecular weight is 609 g/mol. The van der Waals surface area contributed by atoms with Crippen molar-refractivity contribution >= 4 is 13.8 Å². The number of benzene rings is 3. The fourth-order valence-corrected chi connectivity index (χ4v) is 5.44. The molecular weight excluding hydrogens is 573 g/mol. The van der Waals surface area contributed by atoms with Gasteiger partial charge in [0.15, 0.2) is 5.60 Å². The first-order chi connectivity index (χ1) is 16.8. The predicted molar refractivity (Wildman–Crippen MR) is 143 cm³/mol. The summed E-state index contributed by atoms with van der Waals surface area (Å²) in [6, 6.07) is 13.9. The topological polar surface area (TPSA) is 213 Å². The third-order valence-electron chi connectivity index (χ3n) is 6.72. The van der Waals surface area contributed by atoms with Crippen LogP contribution in [0.1, 0.15) is 88.8 Å². The Balaban J connectivity index is 0. The van der Waals surface area contributed by atoms with E-state index in [0.717, 1.165) is 5.56 Å². The van der Waals surface area contributed by atoms with E-state index < -0.39 is 19.4 Å². The number of carbonyl (C=O) groups excluding carboxylic acids is 1. The predicted octanol–water partition coefficient (Wildman–Crippen LogP) is -3.54. The molecule has 1 heterocycles. The minimum Gasteiger partial charge on any atom is -0.780 e. The van der Waals surface area contributed by atoms with Crippen molar-refractivity contribution in [3.8, 4) is 11.5 Å². The molecule has 0 amide bonds. The molecule has 4 rings (SSSR count). The average Bonchev–Trinajstić information content (AvgIpc) is 3.05. The van der Waals surface area contributed by atoms with Gasteiger partial charge < -0.3 is 45.1 Å². The molecule has 3 aromatic rings. The quantitative estimate of drug-likeness (QED) is 0.169. The maximum Gasteiger partial charge on any atom is 1.00 e. The molecule has 10 nitrogen and oxygen atoms in total. The summed E-state index contributed by atoms with van der Waals surface area (Å²) in [5.41, 5.74) is 3.49. The molecule has 13 heteroatoms. The molecule has 41 heavy (non-hydrogen) atoms. The van der Waals surface area contributed by atoms with E-state index in [1.165, 1.54) is 6.07 Å². The number of hydrogen-bond acceptors (Lipinski definition) is 7. The van der Waals surface area contributed by atoms with Gasteiger partial charge in [0.25, 0.3) is 0 Å². The third-order valence-corrected chi connectivity index (χ3v) is 7.14. The van der Waals surface area contributed by atoms with Gasteiger partial charge in [0.05, 0.1) is 5.56 Å². The van der Waals surface area contributed by atoms with Crippen molar-refractivity contribution in [1.29, 1.82) is 0 Å². The van der Waals surface area contributed by atoms with Crippen molar-refractivity contribution in [3.63, 3.8) is 0 Å². The first kappa shape index (κ1) is 41.9. The van der Waals surface area contributed by atoms with Crippen molar-refractivity contribution in [3.05, 3.63) is 93.0 Å². The summed E-state index contributed by atoms with van der Waals surface area (Å²) >= 11 is 0. The van der Waals surface area contributed by atoms with Crippen LogP contribution in [0.2, 0.25) is 0 Å². The van der Waals surface area contributed by atoms with Gasteiger partial charge in [0.2, 0.25) is 0 Å². The van der Waals surface area contributed by atoms with Crippen LogP contribution >= 0.6 is 7.82 Å². The van der Waals surface area contributed by atoms with Crippen molar-refractivity contribution < 1.29 is 109 Å². The van der Waals surface area contributed by atoms with Gasteiger partial charge in [-0.05, 0) is 78.3 Å². The molecule has 1 unspecified atom stereocenters. The summed E-state index contributed by atoms with van der Waals surface area (Å²) in [5.74, 6) is -0.581. The number of carbonyl (C=O) groups is 1. The number of fused-ring (bicyclic) bond motifs is 1. The van der Waals surface area contributed by atoms with E-state index in [2.05, 4.69) is 0 Å². The van der Waals surface area contributed by atoms with Crippen LogP contribution in [-0.4, -0.2) is 27.5 Å². The standard InChI is InChI=1S/C28H31O7P.2Na.3H2O/c1-15(2)20-13-23(17(5)11-25(20)29)28(22-10-8-7-9-19(22)27(30)34-28)24-14-21(16(3)4)26(12-18(24)6)35-36(31,32)33;;;;;/h7-16,29H,1-6H3,(H2,31,32,33);;;3*1H2/q;2*+1;;;/p-2. The van der Waals surface area contributed by atoms with E-state index in [-0.39, 0.29) is 98.9 Å². The van der Waals surface area contributed by atoms with Gasteiger partial charge in [-0.15, -0.1) is 0 Å². The zero-order chi connectivity index (χ0) is 26.6. The van der Waals surface area contributed by atoms with Crippen LogP contribution in [0.5, 0.6) is 11.5 Å². The molecular formula is C28H35Na2O10P. The van der Waals surface area contributed by atoms with Gasteiger partial charge in [-0.1, -0.05) is 45.9 Å². The molecule has 0 aliphatic carbocycles. The first-order valence-electron chi connectivity index (χ1n) is 11.8. The van der Waals surface area contributed by atoms with Gasteiger partial charge in [-0.25, -0.2) is 4.79 Å². The molecule has 1 aliphatic heterocycles. The number of phosphoric acid groups is 1. The van der Waals surface area contributed by atoms with Crippen molar-refractivity contribution in [2.45, 2.75) is 59.0 Å². The fraction of sp³-hybridized carbons (Fsp3) is 0.321. The number of cyclic esters (lactones) is 1. The molecule has 1 aliphatic rings. The molecule has 1 atom stereocenters. The van der Waals surface area contributed by atoms with E-state index in [4.69, 9.17) is 9.26 Å². The monoisotopic (exact) mass is 608 g/mol. The Bertz CT molecular complexity index is 1420. The molecule has 3 aromatic carbocycles. The van der Waals surface area contributed by atoms with Crippen LogP contribution in [0.25, 0.3) is 0 Å². The summed E-state index contributed by atoms with van der Waals surface area (Å²) in [5, 5.41) is 10.6. The Morgan fingerprint density at radius 2 is 1.32 bits per heavy atom. The van der Waals surface area contributed by atoms with Crippen LogP contribution in [0.3, 0.4) is 0 Å². The van der Waals surface area contributed by atoms with Crippen LogP contribution in [0.15, 0.2) is 48.5 Å². The minimum absolute atomic E-state index is 0. The summed E-state index contributed by atoms with van der Waals surface area (Å²) in [6.45, 7) is 11.2. The summed E-state index contributed by atoms with van der Waals surface area (Å²) < 4.78 is 22.5. The molecule has 0 radical (unpaired) electrons. The molecule has 7 N–H and O–H groups in total. The first-order valence-corrected chi connectivity index (χ1v) is 13.3. The zero-order valence-corrected chi connectivity index (χ0v) is 29.5. The SMILES string of the molecule is Cc1cc(O)c(C(C)C)cc1C1(c2cc(C(C)C)c(OP(=O)([O-])[O-])cc2C)OC(=O)c2ccccc21.O.O.O.[Na+].[Na+]. The molecule has 0 saturated carbocycles. The molecule has 214 valence electrons. The Kier molecular flexibility index (Phi) is 15.8. The van der Waals surface area contributed by atoms with Crippen LogP contribution in [0.4, 0.5) is 0 Å². The number of rotatable bonds is 6. The number of phosphoric ester groups is 1. The smallest absolute Gasteiger partial charge is 0.780 e. The Morgan fingerprint density at radius 1 is 0.829 bits per heavy atom. The van der Waals surface area contributed by atoms with Crippen molar-refractivity contribution in [1.82, 2.24) is 0 Å². The van der Waals surface area contributed by atoms with Gasteiger partial charge in [-0.2, -0.15) is 0 Å². The number of phenolic OH excluding ortho intramolecular Hbond substituents is 1. The molecule has 0 spiro atoms. The Morgan fingerprint density at radius 3 is 1.83 bits per heavy atom. The van der Waals surface area contributed by atoms with E-state index in [1.807, 2.05) is 52.8 Å². The van der Waals surface area contributed by atoms with E-state index in [1.54, 1.807) is 31.2 Å². The van der Waals surface area contributed by atoms with E-state index in [0.29, 0.717) is 38.9 Å². The Hall–Kier alpha value is -1.24. The zero-order valence-electron chi connectivity index (χ0n) is 24.6. The van der Waals surface area contributed by atoms with Gasteiger partial charge in [0, 0.05) is 16.7 Å². The van der Waals surface area contributed by atoms with Crippen LogP contribution in [0, 0.1) is 13.8 Å². The number of ether oxygens (including phenoxy) is 1. The van der Waals surface area contributed by atoms with Gasteiger partial charge in [-0.3, -0.25) is 0 Å². The Labute approximate surface area is 284 Å². The number of aromatic hydroxyl groups is 1. The van der Waals surface area contributed by atoms with Gasteiger partial charge in [0.1, 0.15) is 19.3 Å². The summed E-state index contributed by atoms with van der Waals surface area (Å²) in [7, 11) is -5.30. The maximum absolute atomic E-state index is 13.2. The van der Waals surface area contributed by atoms with Crippen molar-refractivity contribution in [2.24, 2.45) is 0 Å². The van der Waals surface area contributed by atoms with Crippen LogP contribution in [-0.2, 0) is 14.9 Å². The third kappa shape index (κ3) is 7.84. The summed E-state index contributed by atoms with van der Waals surface area (Å²) in [6.07, 6.45) is 0. The number of hydrogen-bond donors (Lipinski definition) is 1. The normalized spacial score (nSPS) is 15.3. The van der Waals surface area contributed by atoms with Crippen LogP contribution < -0.4 is 73.4 Å². The molecule has 0 saturated heterocycles. The van der Waals surface area contributed by atoms with Crippen molar-refractivity contribution in [2.75, 3.05) is 0 Å². The number of aryl methyl sites for hydroxylation is 2. The van der Waals surface area contributed by atoms with Gasteiger partial charge >= 0.3 is 65.1 Å². The fourth-order valence-electron chi connectivity index (χ4n) is 5.04. The minimum atomic E-state index is -5.30. The second kappa shape index (κ2) is 15.5. The summed E-state index contributed by atoms with van der Waals surface area (Å²) in [4.78, 5) is 36.1. The second-order valence-corrected chi connectivity index (χ2v) is 11.0. The van der Waals surface area contributed by atoms with E-state index >= 15 is 0 Å². The maximum atomic E-state index is 13.2. The largest absolute Gasteiger partial charge is 1.00 e. The molecule has 0 bridgehead atoms. The molecule has 0 fully saturated rings. The van der Waals surface area contributed by atoms with E-state index in [9.17, 15) is 24.3 Å². The number of esters is 1.